The van der Waals surface area contributed by atoms with Crippen molar-refractivity contribution in [3.05, 3.63) is 15.9 Å². The zero-order chi connectivity index (χ0) is 13.3. The molecule has 1 atom stereocenters. The molecule has 0 aliphatic carbocycles. The average molecular weight is 314 g/mol. The number of carbonyl (C=O) groups is 1. The highest BCUT2D eigenvalue weighted by atomic mass is 79.9. The Kier molecular flexibility index (Phi) is 4.10. The average Bonchev–Trinajstić information content (AvgIpc) is 2.81. The minimum atomic E-state index is 0.260. The van der Waals surface area contributed by atoms with Crippen LogP contribution >= 0.6 is 15.9 Å². The van der Waals surface area contributed by atoms with Crippen LogP contribution in [0.2, 0.25) is 0 Å². The minimum absolute atomic E-state index is 0.260. The molecular formula is C13H20BrN3O. The smallest absolute Gasteiger partial charge is 0.223 e. The van der Waals surface area contributed by atoms with Crippen LogP contribution < -0.4 is 0 Å². The highest BCUT2D eigenvalue weighted by Crippen LogP contribution is 2.26. The van der Waals surface area contributed by atoms with E-state index >= 15 is 0 Å². The molecule has 1 fully saturated rings. The number of likely N-dealkylation sites (tertiary alicyclic amines) is 1. The van der Waals surface area contributed by atoms with Gasteiger partial charge >= 0.3 is 0 Å². The molecule has 1 amide bonds. The maximum absolute atomic E-state index is 11.9. The van der Waals surface area contributed by atoms with Gasteiger partial charge in [-0.1, -0.05) is 13.8 Å². The highest BCUT2D eigenvalue weighted by molar-refractivity contribution is 9.10. The lowest BCUT2D eigenvalue weighted by molar-refractivity contribution is -0.128. The fourth-order valence-electron chi connectivity index (χ4n) is 2.47. The number of amides is 1. The van der Waals surface area contributed by atoms with Crippen LogP contribution in [0.4, 0.5) is 0 Å². The van der Waals surface area contributed by atoms with Crippen molar-refractivity contribution in [2.75, 3.05) is 6.54 Å². The molecule has 4 nitrogen and oxygen atoms in total. The predicted molar refractivity (Wildman–Crippen MR) is 74.2 cm³/mol. The molecule has 0 spiro atoms. The van der Waals surface area contributed by atoms with E-state index in [0.717, 1.165) is 35.4 Å². The van der Waals surface area contributed by atoms with E-state index in [0.29, 0.717) is 18.9 Å². The first-order valence-corrected chi connectivity index (χ1v) is 7.37. The molecule has 0 bridgehead atoms. The summed E-state index contributed by atoms with van der Waals surface area (Å²) in [5, 5.41) is 4.56. The van der Waals surface area contributed by atoms with Crippen molar-refractivity contribution in [3.8, 4) is 0 Å². The Hall–Kier alpha value is -0.840. The molecule has 100 valence electrons. The van der Waals surface area contributed by atoms with Gasteiger partial charge in [0.2, 0.25) is 5.91 Å². The van der Waals surface area contributed by atoms with Gasteiger partial charge in [0.1, 0.15) is 0 Å². The van der Waals surface area contributed by atoms with E-state index in [-0.39, 0.29) is 5.91 Å². The Morgan fingerprint density at radius 2 is 2.17 bits per heavy atom. The number of hydrogen-bond donors (Lipinski definition) is 0. The molecule has 1 aromatic rings. The summed E-state index contributed by atoms with van der Waals surface area (Å²) in [6.45, 7) is 8.68. The van der Waals surface area contributed by atoms with Gasteiger partial charge in [-0.05, 0) is 35.2 Å². The van der Waals surface area contributed by atoms with Crippen molar-refractivity contribution in [2.45, 2.75) is 46.7 Å². The number of rotatable bonds is 4. The number of halogens is 1. The number of carbonyl (C=O) groups excluding carboxylic acids is 1. The lowest BCUT2D eigenvalue weighted by Crippen LogP contribution is -2.26. The van der Waals surface area contributed by atoms with Gasteiger partial charge in [-0.25, -0.2) is 0 Å². The normalized spacial score (nSPS) is 19.9. The summed E-state index contributed by atoms with van der Waals surface area (Å²) in [6.07, 6.45) is 1.59. The van der Waals surface area contributed by atoms with Crippen molar-refractivity contribution in [2.24, 2.45) is 5.92 Å². The lowest BCUT2D eigenvalue weighted by Gasteiger charge is -2.17. The molecule has 1 aromatic heterocycles. The predicted octanol–water partition coefficient (Wildman–Crippen LogP) is 2.60. The van der Waals surface area contributed by atoms with Gasteiger partial charge in [-0.2, -0.15) is 5.10 Å². The Morgan fingerprint density at radius 1 is 1.44 bits per heavy atom. The maximum Gasteiger partial charge on any atom is 0.223 e. The van der Waals surface area contributed by atoms with Crippen LogP contribution in [-0.4, -0.2) is 27.1 Å². The number of aryl methyl sites for hydroxylation is 2. The fraction of sp³-hybridized carbons (Fsp3) is 0.692. The van der Waals surface area contributed by atoms with Crippen LogP contribution in [0.1, 0.15) is 38.6 Å². The van der Waals surface area contributed by atoms with Gasteiger partial charge in [-0.3, -0.25) is 9.48 Å². The lowest BCUT2D eigenvalue weighted by atomic mass is 10.2. The molecule has 1 aliphatic rings. The maximum atomic E-state index is 11.9. The molecule has 5 heteroatoms. The van der Waals surface area contributed by atoms with E-state index in [1.54, 1.807) is 0 Å². The summed E-state index contributed by atoms with van der Waals surface area (Å²) in [4.78, 5) is 13.8. The molecule has 0 N–H and O–H groups in total. The molecule has 1 aliphatic heterocycles. The van der Waals surface area contributed by atoms with E-state index in [2.05, 4.69) is 41.8 Å². The third kappa shape index (κ3) is 2.46. The van der Waals surface area contributed by atoms with Crippen molar-refractivity contribution < 1.29 is 4.79 Å². The highest BCUT2D eigenvalue weighted by Gasteiger charge is 2.28. The Balaban J connectivity index is 2.23. The molecule has 2 heterocycles. The van der Waals surface area contributed by atoms with Gasteiger partial charge in [0.25, 0.3) is 0 Å². The summed E-state index contributed by atoms with van der Waals surface area (Å²) in [6, 6.07) is 0. The van der Waals surface area contributed by atoms with Crippen LogP contribution in [-0.2, 0) is 24.3 Å². The van der Waals surface area contributed by atoms with Gasteiger partial charge in [0.05, 0.1) is 22.4 Å². The molecule has 0 aromatic carbocycles. The summed E-state index contributed by atoms with van der Waals surface area (Å²) in [5.74, 6) is 0.733. The molecule has 2 rings (SSSR count). The van der Waals surface area contributed by atoms with Crippen LogP contribution in [0.3, 0.4) is 0 Å². The molecule has 1 saturated heterocycles. The Bertz CT molecular complexity index is 455. The largest absolute Gasteiger partial charge is 0.336 e. The van der Waals surface area contributed by atoms with Crippen molar-refractivity contribution in [3.63, 3.8) is 0 Å². The Morgan fingerprint density at radius 3 is 2.67 bits per heavy atom. The van der Waals surface area contributed by atoms with Gasteiger partial charge in [-0.15, -0.1) is 0 Å². The molecule has 0 saturated carbocycles. The first kappa shape index (κ1) is 13.6. The van der Waals surface area contributed by atoms with E-state index in [4.69, 9.17) is 0 Å². The SMILES string of the molecule is CCc1nn(CC)c(CN2CC(C)CC2=O)c1Br. The van der Waals surface area contributed by atoms with E-state index in [9.17, 15) is 4.79 Å². The standard InChI is InChI=1S/C13H20BrN3O/c1-4-10-13(14)11(17(5-2)15-10)8-16-7-9(3)6-12(16)18/h9H,4-8H2,1-3H3. The first-order chi connectivity index (χ1) is 8.56. The first-order valence-electron chi connectivity index (χ1n) is 6.58. The molecule has 18 heavy (non-hydrogen) atoms. The van der Waals surface area contributed by atoms with E-state index in [1.807, 2.05) is 9.58 Å². The summed E-state index contributed by atoms with van der Waals surface area (Å²) in [7, 11) is 0. The van der Waals surface area contributed by atoms with Crippen LogP contribution in [0, 0.1) is 5.92 Å². The number of aromatic nitrogens is 2. The van der Waals surface area contributed by atoms with Crippen LogP contribution in [0.25, 0.3) is 0 Å². The van der Waals surface area contributed by atoms with Gasteiger partial charge in [0, 0.05) is 19.5 Å². The van der Waals surface area contributed by atoms with E-state index < -0.39 is 0 Å². The second-order valence-corrected chi connectivity index (χ2v) is 5.75. The molecule has 0 radical (unpaired) electrons. The van der Waals surface area contributed by atoms with Crippen LogP contribution in [0.15, 0.2) is 4.47 Å². The third-order valence-corrected chi connectivity index (χ3v) is 4.36. The fourth-order valence-corrected chi connectivity index (χ4v) is 3.16. The molecular weight excluding hydrogens is 294 g/mol. The van der Waals surface area contributed by atoms with Gasteiger partial charge < -0.3 is 4.90 Å². The molecule has 1 unspecified atom stereocenters. The zero-order valence-corrected chi connectivity index (χ0v) is 12.8. The van der Waals surface area contributed by atoms with Crippen molar-refractivity contribution >= 4 is 21.8 Å². The number of hydrogen-bond acceptors (Lipinski definition) is 2. The van der Waals surface area contributed by atoms with Crippen molar-refractivity contribution in [1.29, 1.82) is 0 Å². The summed E-state index contributed by atoms with van der Waals surface area (Å²) < 4.78 is 3.07. The summed E-state index contributed by atoms with van der Waals surface area (Å²) >= 11 is 3.62. The monoisotopic (exact) mass is 313 g/mol. The van der Waals surface area contributed by atoms with E-state index in [1.165, 1.54) is 0 Å². The second-order valence-electron chi connectivity index (χ2n) is 4.96. The second kappa shape index (κ2) is 5.43. The topological polar surface area (TPSA) is 38.1 Å². The minimum Gasteiger partial charge on any atom is -0.336 e. The number of nitrogens with zero attached hydrogens (tertiary/aromatic N) is 3. The Labute approximate surface area is 116 Å². The van der Waals surface area contributed by atoms with Crippen LogP contribution in [0.5, 0.6) is 0 Å². The van der Waals surface area contributed by atoms with Gasteiger partial charge in [0.15, 0.2) is 0 Å². The quantitative estimate of drug-likeness (QED) is 0.857. The summed E-state index contributed by atoms with van der Waals surface area (Å²) in [5.41, 5.74) is 2.20. The van der Waals surface area contributed by atoms with Crippen molar-refractivity contribution in [1.82, 2.24) is 14.7 Å². The zero-order valence-electron chi connectivity index (χ0n) is 11.2. The third-order valence-electron chi connectivity index (χ3n) is 3.44.